The summed E-state index contributed by atoms with van der Waals surface area (Å²) in [6, 6.07) is 0. The van der Waals surface area contributed by atoms with Crippen LogP contribution in [0.5, 0.6) is 0 Å². The molecule has 0 aromatic heterocycles. The van der Waals surface area contributed by atoms with E-state index in [-0.39, 0.29) is 26.1 Å². The van der Waals surface area contributed by atoms with Gasteiger partial charge in [-0.25, -0.2) is 8.78 Å². The van der Waals surface area contributed by atoms with Crippen molar-refractivity contribution < 1.29 is 13.6 Å². The van der Waals surface area contributed by atoms with E-state index in [0.717, 1.165) is 0 Å². The zero-order valence-corrected chi connectivity index (χ0v) is 6.02. The fourth-order valence-corrected chi connectivity index (χ4v) is 1.16. The zero-order chi connectivity index (χ0) is 8.48. The Morgan fingerprint density at radius 3 is 2.64 bits per heavy atom. The van der Waals surface area contributed by atoms with Gasteiger partial charge in [0.25, 0.3) is 5.92 Å². The molecule has 11 heavy (non-hydrogen) atoms. The number of primary amides is 1. The van der Waals surface area contributed by atoms with Crippen LogP contribution in [0, 0.1) is 0 Å². The summed E-state index contributed by atoms with van der Waals surface area (Å²) in [6.45, 7) is -0.137. The molecule has 2 N–H and O–H groups in total. The van der Waals surface area contributed by atoms with Crippen LogP contribution in [-0.2, 0) is 4.79 Å². The molecule has 5 heteroatoms. The van der Waals surface area contributed by atoms with Crippen molar-refractivity contribution in [3.05, 3.63) is 0 Å². The monoisotopic (exact) mass is 164 g/mol. The van der Waals surface area contributed by atoms with Gasteiger partial charge in [0, 0.05) is 13.0 Å². The summed E-state index contributed by atoms with van der Waals surface area (Å²) < 4.78 is 24.9. The summed E-state index contributed by atoms with van der Waals surface area (Å²) in [6.07, 6.45) is -0.166. The van der Waals surface area contributed by atoms with Gasteiger partial charge in [0.05, 0.1) is 13.1 Å². The lowest BCUT2D eigenvalue weighted by Gasteiger charge is -2.12. The molecule has 1 saturated heterocycles. The summed E-state index contributed by atoms with van der Waals surface area (Å²) in [5, 5.41) is 0. The number of halogens is 2. The minimum absolute atomic E-state index is 0.0599. The second kappa shape index (κ2) is 2.73. The molecular formula is C6H10F2N2O. The third kappa shape index (κ3) is 2.42. The number of carbonyl (C=O) groups excluding carboxylic acids is 1. The van der Waals surface area contributed by atoms with Crippen LogP contribution < -0.4 is 5.73 Å². The Morgan fingerprint density at radius 1 is 1.64 bits per heavy atom. The van der Waals surface area contributed by atoms with E-state index in [2.05, 4.69) is 0 Å². The number of likely N-dealkylation sites (tertiary alicyclic amines) is 1. The van der Waals surface area contributed by atoms with Crippen molar-refractivity contribution in [1.82, 2.24) is 4.90 Å². The summed E-state index contributed by atoms with van der Waals surface area (Å²) in [5.41, 5.74) is 4.84. The minimum atomic E-state index is -2.63. The molecular weight excluding hydrogens is 154 g/mol. The van der Waals surface area contributed by atoms with Crippen LogP contribution in [0.1, 0.15) is 6.42 Å². The third-order valence-corrected chi connectivity index (χ3v) is 1.63. The first-order valence-electron chi connectivity index (χ1n) is 3.38. The van der Waals surface area contributed by atoms with Gasteiger partial charge in [-0.05, 0) is 0 Å². The molecule has 0 atom stereocenters. The molecule has 0 spiro atoms. The van der Waals surface area contributed by atoms with Gasteiger partial charge >= 0.3 is 0 Å². The molecule has 1 aliphatic rings. The van der Waals surface area contributed by atoms with E-state index in [0.29, 0.717) is 0 Å². The zero-order valence-electron chi connectivity index (χ0n) is 6.02. The first kappa shape index (κ1) is 8.39. The predicted octanol–water partition coefficient (Wildman–Crippen LogP) is -0.187. The van der Waals surface area contributed by atoms with Crippen molar-refractivity contribution in [3.63, 3.8) is 0 Å². The van der Waals surface area contributed by atoms with Crippen molar-refractivity contribution in [2.45, 2.75) is 12.3 Å². The molecule has 1 amide bonds. The van der Waals surface area contributed by atoms with Gasteiger partial charge < -0.3 is 5.73 Å². The number of hydrogen-bond acceptors (Lipinski definition) is 2. The van der Waals surface area contributed by atoms with Crippen LogP contribution >= 0.6 is 0 Å². The van der Waals surface area contributed by atoms with Crippen molar-refractivity contribution in [1.29, 1.82) is 0 Å². The number of rotatable bonds is 2. The average molecular weight is 164 g/mol. The highest BCUT2D eigenvalue weighted by atomic mass is 19.3. The van der Waals surface area contributed by atoms with Gasteiger partial charge in [0.1, 0.15) is 0 Å². The van der Waals surface area contributed by atoms with Gasteiger partial charge in [-0.15, -0.1) is 0 Å². The van der Waals surface area contributed by atoms with Gasteiger partial charge in [-0.3, -0.25) is 9.69 Å². The van der Waals surface area contributed by atoms with E-state index >= 15 is 0 Å². The first-order chi connectivity index (χ1) is 4.99. The molecule has 0 unspecified atom stereocenters. The molecule has 0 aromatic rings. The second-order valence-electron chi connectivity index (χ2n) is 2.78. The van der Waals surface area contributed by atoms with Crippen LogP contribution in [0.3, 0.4) is 0 Å². The smallest absolute Gasteiger partial charge is 0.261 e. The molecule has 0 aliphatic carbocycles. The topological polar surface area (TPSA) is 46.3 Å². The van der Waals surface area contributed by atoms with Crippen LogP contribution in [0.15, 0.2) is 0 Å². The predicted molar refractivity (Wildman–Crippen MR) is 35.2 cm³/mol. The van der Waals surface area contributed by atoms with Gasteiger partial charge in [0.2, 0.25) is 5.91 Å². The van der Waals surface area contributed by atoms with E-state index in [1.165, 1.54) is 4.90 Å². The van der Waals surface area contributed by atoms with E-state index in [9.17, 15) is 13.6 Å². The summed E-state index contributed by atoms with van der Waals surface area (Å²) >= 11 is 0. The maximum Gasteiger partial charge on any atom is 0.261 e. The number of alkyl halides is 2. The first-order valence-corrected chi connectivity index (χ1v) is 3.38. The Bertz CT molecular complexity index is 172. The molecule has 1 heterocycles. The van der Waals surface area contributed by atoms with Crippen molar-refractivity contribution in [2.24, 2.45) is 5.73 Å². The Kier molecular flexibility index (Phi) is 2.08. The Labute approximate surface area is 63.2 Å². The van der Waals surface area contributed by atoms with Gasteiger partial charge in [-0.2, -0.15) is 0 Å². The van der Waals surface area contributed by atoms with Crippen molar-refractivity contribution in [2.75, 3.05) is 19.6 Å². The molecule has 64 valence electrons. The lowest BCUT2D eigenvalue weighted by Crippen LogP contribution is -2.33. The molecule has 1 rings (SSSR count). The fourth-order valence-electron chi connectivity index (χ4n) is 1.16. The normalized spacial score (nSPS) is 23.8. The van der Waals surface area contributed by atoms with Crippen LogP contribution in [0.25, 0.3) is 0 Å². The highest BCUT2D eigenvalue weighted by Gasteiger charge is 2.38. The largest absolute Gasteiger partial charge is 0.369 e. The van der Waals surface area contributed by atoms with Gasteiger partial charge in [-0.1, -0.05) is 0 Å². The van der Waals surface area contributed by atoms with E-state index in [1.807, 2.05) is 0 Å². The van der Waals surface area contributed by atoms with Gasteiger partial charge in [0.15, 0.2) is 0 Å². The van der Waals surface area contributed by atoms with Crippen molar-refractivity contribution >= 4 is 5.91 Å². The lowest BCUT2D eigenvalue weighted by atomic mass is 10.3. The highest BCUT2D eigenvalue weighted by molar-refractivity contribution is 5.75. The quantitative estimate of drug-likeness (QED) is 0.615. The highest BCUT2D eigenvalue weighted by Crippen LogP contribution is 2.25. The fraction of sp³-hybridized carbons (Fsp3) is 0.833. The maximum absolute atomic E-state index is 12.5. The Morgan fingerprint density at radius 2 is 2.27 bits per heavy atom. The molecule has 0 saturated carbocycles. The maximum atomic E-state index is 12.5. The molecule has 0 aromatic carbocycles. The van der Waals surface area contributed by atoms with Crippen LogP contribution in [-0.4, -0.2) is 36.4 Å². The van der Waals surface area contributed by atoms with Crippen LogP contribution in [0.2, 0.25) is 0 Å². The van der Waals surface area contributed by atoms with E-state index in [1.54, 1.807) is 0 Å². The molecule has 0 bridgehead atoms. The van der Waals surface area contributed by atoms with E-state index in [4.69, 9.17) is 5.73 Å². The lowest BCUT2D eigenvalue weighted by molar-refractivity contribution is -0.119. The summed E-state index contributed by atoms with van der Waals surface area (Å²) in [7, 11) is 0. The average Bonchev–Trinajstić information content (AvgIpc) is 2.08. The Balaban J connectivity index is 2.36. The molecule has 1 aliphatic heterocycles. The number of carbonyl (C=O) groups is 1. The minimum Gasteiger partial charge on any atom is -0.369 e. The second-order valence-corrected chi connectivity index (χ2v) is 2.78. The van der Waals surface area contributed by atoms with Crippen molar-refractivity contribution in [3.8, 4) is 0 Å². The number of nitrogens with zero attached hydrogens (tertiary/aromatic N) is 1. The number of hydrogen-bond donors (Lipinski definition) is 1. The van der Waals surface area contributed by atoms with E-state index < -0.39 is 11.8 Å². The molecule has 1 fully saturated rings. The number of nitrogens with two attached hydrogens (primary N) is 1. The van der Waals surface area contributed by atoms with Crippen LogP contribution in [0.4, 0.5) is 8.78 Å². The third-order valence-electron chi connectivity index (χ3n) is 1.63. The summed E-state index contributed by atoms with van der Waals surface area (Å²) in [5.74, 6) is -3.18. The summed E-state index contributed by atoms with van der Waals surface area (Å²) in [4.78, 5) is 11.7. The Hall–Kier alpha value is -0.710. The number of amides is 1. The molecule has 3 nitrogen and oxygen atoms in total. The molecule has 0 radical (unpaired) electrons. The standard InChI is InChI=1S/C6H10F2N2O/c7-6(8)1-2-10(4-6)3-5(9)11/h1-4H2,(H2,9,11). The SMILES string of the molecule is NC(=O)CN1CCC(F)(F)C1.